The highest BCUT2D eigenvalue weighted by molar-refractivity contribution is 6.06. The molecule has 1 aliphatic rings. The molecule has 0 fully saturated rings. The number of carbonyl (C=O) groups excluding carboxylic acids is 2. The van der Waals surface area contributed by atoms with Gasteiger partial charge in [-0.25, -0.2) is 0 Å². The van der Waals surface area contributed by atoms with E-state index in [1.807, 2.05) is 91.3 Å². The van der Waals surface area contributed by atoms with Crippen molar-refractivity contribution in [2.24, 2.45) is 0 Å². The SMILES string of the molecule is Cc1ccccc1NC(=O)[C@H]1c2cccc[n+]2CC(=O)N1c1ccccc1C. The number of benzene rings is 2. The zero-order valence-corrected chi connectivity index (χ0v) is 15.9. The lowest BCUT2D eigenvalue weighted by Crippen LogP contribution is -2.58. The maximum absolute atomic E-state index is 13.4. The lowest BCUT2D eigenvalue weighted by Gasteiger charge is -2.33. The molecule has 140 valence electrons. The van der Waals surface area contributed by atoms with Gasteiger partial charge in [0.15, 0.2) is 6.20 Å². The van der Waals surface area contributed by atoms with Crippen LogP contribution >= 0.6 is 0 Å². The van der Waals surface area contributed by atoms with E-state index >= 15 is 0 Å². The molecule has 0 radical (unpaired) electrons. The number of pyridine rings is 1. The minimum absolute atomic E-state index is 0.108. The Bertz CT molecular complexity index is 1060. The van der Waals surface area contributed by atoms with Crippen molar-refractivity contribution in [2.45, 2.75) is 26.4 Å². The molecule has 4 rings (SSSR count). The topological polar surface area (TPSA) is 53.3 Å². The predicted octanol–water partition coefficient (Wildman–Crippen LogP) is 3.32. The van der Waals surface area contributed by atoms with E-state index in [1.54, 1.807) is 4.90 Å². The Morgan fingerprint density at radius 1 is 0.964 bits per heavy atom. The summed E-state index contributed by atoms with van der Waals surface area (Å²) in [4.78, 5) is 28.1. The zero-order valence-electron chi connectivity index (χ0n) is 15.9. The van der Waals surface area contributed by atoms with Gasteiger partial charge in [0.1, 0.15) is 0 Å². The summed E-state index contributed by atoms with van der Waals surface area (Å²) in [7, 11) is 0. The molecule has 0 bridgehead atoms. The number of anilines is 2. The molecule has 0 spiro atoms. The Morgan fingerprint density at radius 3 is 2.39 bits per heavy atom. The van der Waals surface area contributed by atoms with E-state index in [0.717, 1.165) is 28.2 Å². The number of amides is 2. The van der Waals surface area contributed by atoms with Gasteiger partial charge in [0.2, 0.25) is 18.3 Å². The molecule has 2 amide bonds. The van der Waals surface area contributed by atoms with Gasteiger partial charge in [0.25, 0.3) is 11.8 Å². The first-order valence-electron chi connectivity index (χ1n) is 9.29. The number of fused-ring (bicyclic) bond motifs is 1. The summed E-state index contributed by atoms with van der Waals surface area (Å²) in [5, 5.41) is 3.01. The highest BCUT2D eigenvalue weighted by Crippen LogP contribution is 2.32. The van der Waals surface area contributed by atoms with Gasteiger partial charge >= 0.3 is 0 Å². The number of nitrogens with zero attached hydrogens (tertiary/aromatic N) is 2. The first-order chi connectivity index (χ1) is 13.6. The average Bonchev–Trinajstić information content (AvgIpc) is 2.69. The van der Waals surface area contributed by atoms with Crippen LogP contribution in [0.4, 0.5) is 11.4 Å². The van der Waals surface area contributed by atoms with Crippen LogP contribution in [-0.4, -0.2) is 11.8 Å². The Labute approximate surface area is 164 Å². The first kappa shape index (κ1) is 17.9. The van der Waals surface area contributed by atoms with Gasteiger partial charge in [-0.3, -0.25) is 14.5 Å². The predicted molar refractivity (Wildman–Crippen MR) is 108 cm³/mol. The van der Waals surface area contributed by atoms with Crippen LogP contribution in [0.5, 0.6) is 0 Å². The summed E-state index contributed by atoms with van der Waals surface area (Å²) in [6.07, 6.45) is 1.84. The van der Waals surface area contributed by atoms with Crippen LogP contribution in [-0.2, 0) is 16.1 Å². The number of aromatic nitrogens is 1. The number of hydrogen-bond acceptors (Lipinski definition) is 2. The number of hydrogen-bond donors (Lipinski definition) is 1. The van der Waals surface area contributed by atoms with Gasteiger partial charge < -0.3 is 5.32 Å². The fraction of sp³-hybridized carbons (Fsp3) is 0.174. The molecule has 28 heavy (non-hydrogen) atoms. The van der Waals surface area contributed by atoms with Crippen molar-refractivity contribution in [3.05, 3.63) is 89.7 Å². The van der Waals surface area contributed by atoms with Crippen LogP contribution in [0.15, 0.2) is 72.9 Å². The van der Waals surface area contributed by atoms with Crippen molar-refractivity contribution >= 4 is 23.2 Å². The molecule has 0 aliphatic carbocycles. The van der Waals surface area contributed by atoms with Crippen LogP contribution in [0.3, 0.4) is 0 Å². The Morgan fingerprint density at radius 2 is 1.64 bits per heavy atom. The molecule has 3 aromatic rings. The minimum atomic E-state index is -0.747. The van der Waals surface area contributed by atoms with Crippen LogP contribution in [0.2, 0.25) is 0 Å². The lowest BCUT2D eigenvalue weighted by atomic mass is 10.0. The lowest BCUT2D eigenvalue weighted by molar-refractivity contribution is -0.695. The quantitative estimate of drug-likeness (QED) is 0.717. The first-order valence-corrected chi connectivity index (χ1v) is 9.29. The molecule has 2 heterocycles. The number of rotatable bonds is 3. The van der Waals surface area contributed by atoms with Gasteiger partial charge in [0.05, 0.1) is 0 Å². The summed E-state index contributed by atoms with van der Waals surface area (Å²) < 4.78 is 1.85. The molecule has 5 nitrogen and oxygen atoms in total. The summed E-state index contributed by atoms with van der Waals surface area (Å²) in [6.45, 7) is 4.11. The summed E-state index contributed by atoms with van der Waals surface area (Å²) in [6, 6.07) is 20.2. The van der Waals surface area contributed by atoms with E-state index < -0.39 is 6.04 Å². The minimum Gasteiger partial charge on any atom is -0.324 e. The van der Waals surface area contributed by atoms with Gasteiger partial charge in [-0.2, -0.15) is 4.57 Å². The fourth-order valence-electron chi connectivity index (χ4n) is 3.65. The molecule has 1 aliphatic heterocycles. The van der Waals surface area contributed by atoms with Crippen molar-refractivity contribution in [1.82, 2.24) is 0 Å². The molecule has 0 saturated heterocycles. The second-order valence-electron chi connectivity index (χ2n) is 7.01. The third kappa shape index (κ3) is 3.16. The molecule has 5 heteroatoms. The molecule has 1 atom stereocenters. The van der Waals surface area contributed by atoms with Crippen molar-refractivity contribution < 1.29 is 14.2 Å². The summed E-state index contributed by atoms with van der Waals surface area (Å²) in [5.74, 6) is -0.339. The van der Waals surface area contributed by atoms with Gasteiger partial charge in [-0.15, -0.1) is 0 Å². The van der Waals surface area contributed by atoms with E-state index in [-0.39, 0.29) is 18.4 Å². The van der Waals surface area contributed by atoms with Crippen molar-refractivity contribution in [2.75, 3.05) is 10.2 Å². The normalized spacial score (nSPS) is 15.9. The van der Waals surface area contributed by atoms with Gasteiger partial charge in [-0.1, -0.05) is 42.5 Å². The molecule has 0 saturated carbocycles. The van der Waals surface area contributed by atoms with E-state index in [9.17, 15) is 9.59 Å². The summed E-state index contributed by atoms with van der Waals surface area (Å²) >= 11 is 0. The standard InChI is InChI=1S/C23H21N3O2/c1-16-9-3-5-11-18(16)24-23(28)22-20-13-7-8-14-25(20)15-21(27)26(22)19-12-6-4-10-17(19)2/h3-14,22H,15H2,1-2H3/p+1/t22-/m1/s1. The highest BCUT2D eigenvalue weighted by atomic mass is 16.2. The van der Waals surface area contributed by atoms with Crippen LogP contribution < -0.4 is 14.8 Å². The molecule has 0 unspecified atom stereocenters. The molecule has 2 aromatic carbocycles. The highest BCUT2D eigenvalue weighted by Gasteiger charge is 2.44. The maximum atomic E-state index is 13.4. The van der Waals surface area contributed by atoms with E-state index in [0.29, 0.717) is 0 Å². The van der Waals surface area contributed by atoms with E-state index in [2.05, 4.69) is 5.32 Å². The third-order valence-electron chi connectivity index (χ3n) is 5.11. The van der Waals surface area contributed by atoms with Gasteiger partial charge in [-0.05, 0) is 37.1 Å². The average molecular weight is 372 g/mol. The van der Waals surface area contributed by atoms with Gasteiger partial charge in [0, 0.05) is 23.5 Å². The van der Waals surface area contributed by atoms with Crippen molar-refractivity contribution in [1.29, 1.82) is 0 Å². The molecular weight excluding hydrogens is 350 g/mol. The second-order valence-corrected chi connectivity index (χ2v) is 7.01. The number of para-hydroxylation sites is 2. The zero-order chi connectivity index (χ0) is 19.7. The Kier molecular flexibility index (Phi) is 4.65. The molecule has 1 N–H and O–H groups in total. The number of carbonyl (C=O) groups is 2. The van der Waals surface area contributed by atoms with Crippen molar-refractivity contribution in [3.8, 4) is 0 Å². The van der Waals surface area contributed by atoms with E-state index in [4.69, 9.17) is 0 Å². The number of aryl methyl sites for hydroxylation is 2. The van der Waals surface area contributed by atoms with Crippen LogP contribution in [0.1, 0.15) is 22.9 Å². The second kappa shape index (κ2) is 7.27. The van der Waals surface area contributed by atoms with Crippen molar-refractivity contribution in [3.63, 3.8) is 0 Å². The van der Waals surface area contributed by atoms with Crippen LogP contribution in [0.25, 0.3) is 0 Å². The number of nitrogens with one attached hydrogen (secondary N) is 1. The largest absolute Gasteiger partial charge is 0.324 e. The molecular formula is C23H22N3O2+. The summed E-state index contributed by atoms with van der Waals surface area (Å²) in [5.41, 5.74) is 4.22. The third-order valence-corrected chi connectivity index (χ3v) is 5.11. The van der Waals surface area contributed by atoms with E-state index in [1.165, 1.54) is 0 Å². The Hall–Kier alpha value is -3.47. The smallest absolute Gasteiger partial charge is 0.294 e. The molecule has 1 aromatic heterocycles. The monoisotopic (exact) mass is 372 g/mol. The maximum Gasteiger partial charge on any atom is 0.294 e. The Balaban J connectivity index is 1.81. The fourth-order valence-corrected chi connectivity index (χ4v) is 3.65. The van der Waals surface area contributed by atoms with Crippen LogP contribution in [0, 0.1) is 13.8 Å².